The zero-order chi connectivity index (χ0) is 23.7. The number of carbonyl (C=O) groups is 1. The SMILES string of the molecule is CC(C)CCC[C@@H](C)[C@H]1CC[C@H]2[C@@H]3CC=C4C(C)(C)C(=O)C(C)(C)C[C@]4(C)[C@H]3CC[C@]12C. The molecule has 0 aromatic carbocycles. The third kappa shape index (κ3) is 3.58. The number of hydrogen-bond acceptors (Lipinski definition) is 1. The predicted octanol–water partition coefficient (Wildman–Crippen LogP) is 8.87. The minimum absolute atomic E-state index is 0.201. The number of carbonyl (C=O) groups excluding carboxylic acids is 1. The topological polar surface area (TPSA) is 17.1 Å². The molecular weight excluding hydrogens is 388 g/mol. The van der Waals surface area contributed by atoms with Crippen molar-refractivity contribution in [2.45, 2.75) is 120 Å². The molecule has 0 heterocycles. The Balaban J connectivity index is 1.59. The van der Waals surface area contributed by atoms with E-state index in [1.165, 1.54) is 56.9 Å². The highest BCUT2D eigenvalue weighted by Gasteiger charge is 2.63. The fraction of sp³-hybridized carbons (Fsp3) is 0.903. The first-order chi connectivity index (χ1) is 14.7. The van der Waals surface area contributed by atoms with Crippen molar-refractivity contribution in [2.75, 3.05) is 0 Å². The fourth-order valence-corrected chi connectivity index (χ4v) is 10.3. The van der Waals surface area contributed by atoms with E-state index in [2.05, 4.69) is 68.4 Å². The average molecular weight is 441 g/mol. The second-order valence-electron chi connectivity index (χ2n) is 14.7. The van der Waals surface area contributed by atoms with Crippen molar-refractivity contribution < 1.29 is 4.79 Å². The molecule has 1 heteroatoms. The van der Waals surface area contributed by atoms with Gasteiger partial charge in [0.2, 0.25) is 0 Å². The van der Waals surface area contributed by atoms with Crippen LogP contribution in [-0.2, 0) is 4.79 Å². The van der Waals surface area contributed by atoms with Crippen LogP contribution in [0.1, 0.15) is 120 Å². The smallest absolute Gasteiger partial charge is 0.148 e. The second-order valence-corrected chi connectivity index (χ2v) is 14.7. The number of rotatable bonds is 5. The van der Waals surface area contributed by atoms with E-state index in [0.29, 0.717) is 11.2 Å². The molecule has 4 rings (SSSR count). The molecule has 0 amide bonds. The van der Waals surface area contributed by atoms with E-state index in [0.717, 1.165) is 41.9 Å². The maximum atomic E-state index is 13.4. The van der Waals surface area contributed by atoms with Gasteiger partial charge in [0, 0.05) is 10.8 Å². The van der Waals surface area contributed by atoms with E-state index < -0.39 is 0 Å². The normalized spacial score (nSPS) is 43.3. The number of Topliss-reactive ketones (excluding diaryl/α,β-unsaturated/α-hetero) is 1. The Kier molecular flexibility index (Phi) is 6.12. The van der Waals surface area contributed by atoms with Crippen LogP contribution >= 0.6 is 0 Å². The number of fused-ring (bicyclic) bond motifs is 5. The molecule has 3 saturated carbocycles. The Bertz CT molecular complexity index is 769. The van der Waals surface area contributed by atoms with Crippen molar-refractivity contribution in [3.63, 3.8) is 0 Å². The molecule has 0 N–H and O–H groups in total. The van der Waals surface area contributed by atoms with Crippen LogP contribution < -0.4 is 0 Å². The van der Waals surface area contributed by atoms with Crippen molar-refractivity contribution in [3.05, 3.63) is 11.6 Å². The van der Waals surface area contributed by atoms with E-state index in [1.54, 1.807) is 0 Å². The summed E-state index contributed by atoms with van der Waals surface area (Å²) in [4.78, 5) is 13.4. The van der Waals surface area contributed by atoms with Crippen LogP contribution in [0.25, 0.3) is 0 Å². The van der Waals surface area contributed by atoms with Crippen LogP contribution in [0.4, 0.5) is 0 Å². The third-order valence-corrected chi connectivity index (χ3v) is 11.3. The molecule has 7 atom stereocenters. The summed E-state index contributed by atoms with van der Waals surface area (Å²) in [6.45, 7) is 21.4. The van der Waals surface area contributed by atoms with Crippen molar-refractivity contribution in [2.24, 2.45) is 57.2 Å². The maximum absolute atomic E-state index is 13.4. The lowest BCUT2D eigenvalue weighted by molar-refractivity contribution is -0.145. The maximum Gasteiger partial charge on any atom is 0.148 e. The van der Waals surface area contributed by atoms with Gasteiger partial charge in [0.25, 0.3) is 0 Å². The van der Waals surface area contributed by atoms with Gasteiger partial charge in [-0.2, -0.15) is 0 Å². The van der Waals surface area contributed by atoms with E-state index in [9.17, 15) is 4.79 Å². The Morgan fingerprint density at radius 2 is 1.62 bits per heavy atom. The van der Waals surface area contributed by atoms with Crippen molar-refractivity contribution >= 4 is 5.78 Å². The highest BCUT2D eigenvalue weighted by atomic mass is 16.1. The van der Waals surface area contributed by atoms with Crippen LogP contribution in [0, 0.1) is 57.2 Å². The summed E-state index contributed by atoms with van der Waals surface area (Å²) in [5.41, 5.74) is 1.73. The molecule has 1 nitrogen and oxygen atoms in total. The molecule has 0 saturated heterocycles. The lowest BCUT2D eigenvalue weighted by Crippen LogP contribution is -2.57. The van der Waals surface area contributed by atoms with Crippen LogP contribution in [0.15, 0.2) is 11.6 Å². The van der Waals surface area contributed by atoms with E-state index in [4.69, 9.17) is 0 Å². The summed E-state index contributed by atoms with van der Waals surface area (Å²) in [5.74, 6) is 5.57. The molecule has 4 aliphatic rings. The van der Waals surface area contributed by atoms with E-state index in [-0.39, 0.29) is 16.2 Å². The lowest BCUT2D eigenvalue weighted by Gasteiger charge is -2.62. The molecule has 0 aliphatic heterocycles. The standard InChI is InChI=1S/C31H52O/c1-20(2)11-10-12-21(3)23-14-15-24-22-13-16-26-29(6,7)27(32)28(4,5)19-31(26,9)25(22)17-18-30(23,24)8/h16,20-25H,10-15,17-19H2,1-9H3/t21-,22+,23-,24+,25+,30-,31-/m1/s1. The zero-order valence-electron chi connectivity index (χ0n) is 22.8. The zero-order valence-corrected chi connectivity index (χ0v) is 22.8. The van der Waals surface area contributed by atoms with Gasteiger partial charge in [-0.05, 0) is 98.7 Å². The molecule has 0 radical (unpaired) electrons. The highest BCUT2D eigenvalue weighted by molar-refractivity contribution is 5.93. The Morgan fingerprint density at radius 1 is 0.938 bits per heavy atom. The van der Waals surface area contributed by atoms with Crippen LogP contribution in [0.5, 0.6) is 0 Å². The van der Waals surface area contributed by atoms with Gasteiger partial charge in [-0.3, -0.25) is 4.79 Å². The molecule has 3 fully saturated rings. The van der Waals surface area contributed by atoms with E-state index in [1.807, 2.05) is 0 Å². The summed E-state index contributed by atoms with van der Waals surface area (Å²) in [6, 6.07) is 0. The molecule has 0 aromatic rings. The second kappa shape index (κ2) is 7.98. The largest absolute Gasteiger partial charge is 0.298 e. The summed E-state index contributed by atoms with van der Waals surface area (Å²) < 4.78 is 0. The van der Waals surface area contributed by atoms with Gasteiger partial charge in [0.1, 0.15) is 5.78 Å². The molecular formula is C31H52O. The van der Waals surface area contributed by atoms with Gasteiger partial charge in [-0.1, -0.05) is 79.4 Å². The van der Waals surface area contributed by atoms with Gasteiger partial charge < -0.3 is 0 Å². The molecule has 0 spiro atoms. The molecule has 4 aliphatic carbocycles. The van der Waals surface area contributed by atoms with Gasteiger partial charge in [0.05, 0.1) is 0 Å². The fourth-order valence-electron chi connectivity index (χ4n) is 10.3. The number of ketones is 1. The third-order valence-electron chi connectivity index (χ3n) is 11.3. The number of allylic oxidation sites excluding steroid dienone is 2. The average Bonchev–Trinajstić information content (AvgIpc) is 3.03. The molecule has 0 bridgehead atoms. The van der Waals surface area contributed by atoms with Gasteiger partial charge >= 0.3 is 0 Å². The van der Waals surface area contributed by atoms with Gasteiger partial charge in [-0.15, -0.1) is 0 Å². The van der Waals surface area contributed by atoms with Crippen molar-refractivity contribution in [1.29, 1.82) is 0 Å². The molecule has 0 aromatic heterocycles. The van der Waals surface area contributed by atoms with Crippen LogP contribution in [0.3, 0.4) is 0 Å². The minimum Gasteiger partial charge on any atom is -0.298 e. The monoisotopic (exact) mass is 440 g/mol. The van der Waals surface area contributed by atoms with Crippen LogP contribution in [0.2, 0.25) is 0 Å². The lowest BCUT2D eigenvalue weighted by atomic mass is 9.41. The summed E-state index contributed by atoms with van der Waals surface area (Å²) in [6.07, 6.45) is 14.7. The quantitative estimate of drug-likeness (QED) is 0.390. The first-order valence-electron chi connectivity index (χ1n) is 14.0. The number of hydrogen-bond donors (Lipinski definition) is 0. The van der Waals surface area contributed by atoms with Crippen molar-refractivity contribution in [1.82, 2.24) is 0 Å². The summed E-state index contributed by atoms with van der Waals surface area (Å²) in [5, 5.41) is 0. The van der Waals surface area contributed by atoms with E-state index >= 15 is 0 Å². The van der Waals surface area contributed by atoms with Gasteiger partial charge in [-0.25, -0.2) is 0 Å². The molecule has 32 heavy (non-hydrogen) atoms. The summed E-state index contributed by atoms with van der Waals surface area (Å²) in [7, 11) is 0. The van der Waals surface area contributed by atoms with Crippen LogP contribution in [-0.4, -0.2) is 5.78 Å². The minimum atomic E-state index is -0.300. The highest BCUT2D eigenvalue weighted by Crippen LogP contribution is 2.70. The van der Waals surface area contributed by atoms with Crippen molar-refractivity contribution in [3.8, 4) is 0 Å². The Labute approximate surface area is 199 Å². The summed E-state index contributed by atoms with van der Waals surface area (Å²) >= 11 is 0. The molecule has 182 valence electrons. The predicted molar refractivity (Wildman–Crippen MR) is 136 cm³/mol. The first-order valence-corrected chi connectivity index (χ1v) is 14.0. The molecule has 0 unspecified atom stereocenters. The van der Waals surface area contributed by atoms with Gasteiger partial charge in [0.15, 0.2) is 0 Å². The Hall–Kier alpha value is -0.590. The first kappa shape index (κ1) is 24.5. The Morgan fingerprint density at radius 3 is 2.28 bits per heavy atom.